The van der Waals surface area contributed by atoms with E-state index in [1.54, 1.807) is 29.2 Å². The predicted molar refractivity (Wildman–Crippen MR) is 131 cm³/mol. The molecule has 33 heavy (non-hydrogen) atoms. The van der Waals surface area contributed by atoms with Crippen molar-refractivity contribution >= 4 is 23.4 Å². The number of para-hydroxylation sites is 1. The maximum absolute atomic E-state index is 13.6. The van der Waals surface area contributed by atoms with Crippen LogP contribution in [0.2, 0.25) is 5.02 Å². The van der Waals surface area contributed by atoms with Gasteiger partial charge in [-0.05, 0) is 68.5 Å². The first kappa shape index (κ1) is 23.6. The molecule has 2 atom stereocenters. The predicted octanol–water partition coefficient (Wildman–Crippen LogP) is 5.82. The maximum atomic E-state index is 13.6. The summed E-state index contributed by atoms with van der Waals surface area (Å²) < 4.78 is 6.54. The number of hydrogen-bond donors (Lipinski definition) is 0. The van der Waals surface area contributed by atoms with Crippen molar-refractivity contribution < 1.29 is 14.3 Å². The van der Waals surface area contributed by atoms with Crippen LogP contribution in [0, 0.1) is 0 Å². The summed E-state index contributed by atoms with van der Waals surface area (Å²) in [5.41, 5.74) is 1.25. The topological polar surface area (TPSA) is 49.9 Å². The Labute approximate surface area is 201 Å². The van der Waals surface area contributed by atoms with Crippen LogP contribution in [-0.2, 0) is 0 Å². The number of ether oxygens (including phenoxy) is 1. The zero-order valence-electron chi connectivity index (χ0n) is 19.3. The summed E-state index contributed by atoms with van der Waals surface area (Å²) in [4.78, 5) is 30.6. The molecule has 0 N–H and O–H groups in total. The van der Waals surface area contributed by atoms with E-state index in [-0.39, 0.29) is 24.0 Å². The van der Waals surface area contributed by atoms with Gasteiger partial charge in [-0.25, -0.2) is 0 Å². The Morgan fingerprint density at radius 1 is 0.909 bits per heavy atom. The number of amides is 2. The average molecular weight is 469 g/mol. The molecule has 1 aliphatic carbocycles. The Kier molecular flexibility index (Phi) is 7.92. The van der Waals surface area contributed by atoms with Crippen LogP contribution in [0.5, 0.6) is 5.75 Å². The molecule has 0 radical (unpaired) electrons. The van der Waals surface area contributed by atoms with Gasteiger partial charge in [-0.3, -0.25) is 9.59 Å². The van der Waals surface area contributed by atoms with Gasteiger partial charge in [0.2, 0.25) is 0 Å². The van der Waals surface area contributed by atoms with E-state index in [4.69, 9.17) is 16.3 Å². The minimum absolute atomic E-state index is 0.0101. The van der Waals surface area contributed by atoms with Crippen molar-refractivity contribution in [2.75, 3.05) is 20.1 Å². The number of fused-ring (bicyclic) bond motifs is 2. The molecule has 2 amide bonds. The summed E-state index contributed by atoms with van der Waals surface area (Å²) >= 11 is 6.06. The highest BCUT2D eigenvalue weighted by Gasteiger charge is 2.35. The lowest BCUT2D eigenvalue weighted by atomic mass is 9.90. The number of carbonyl (C=O) groups is 2. The van der Waals surface area contributed by atoms with E-state index in [9.17, 15) is 9.59 Å². The molecule has 2 aromatic carbocycles. The van der Waals surface area contributed by atoms with E-state index < -0.39 is 0 Å². The standard InChI is InChI=1S/C27H33ClN2O3/c1-29-18-8-2-3-9-19-30(26(31)20-14-16-21(28)17-15-20)23-11-5-7-13-25(23)33-24-12-6-4-10-22(24)27(29)32/h4,6,10,12,14-17,23,25H,2-3,5,7-9,11,13,18-19H2,1H3/t23-,25+/m1/s1. The molecule has 1 fully saturated rings. The molecule has 1 aliphatic heterocycles. The van der Waals surface area contributed by atoms with Gasteiger partial charge in [0.25, 0.3) is 11.8 Å². The minimum Gasteiger partial charge on any atom is -0.487 e. The van der Waals surface area contributed by atoms with Crippen molar-refractivity contribution in [2.24, 2.45) is 0 Å². The normalized spacial score (nSPS) is 22.5. The smallest absolute Gasteiger partial charge is 0.257 e. The highest BCUT2D eigenvalue weighted by molar-refractivity contribution is 6.30. The van der Waals surface area contributed by atoms with Crippen molar-refractivity contribution in [1.82, 2.24) is 9.80 Å². The lowest BCUT2D eigenvalue weighted by Gasteiger charge is -2.40. The number of rotatable bonds is 1. The van der Waals surface area contributed by atoms with Crippen molar-refractivity contribution in [3.63, 3.8) is 0 Å². The fourth-order valence-electron chi connectivity index (χ4n) is 4.95. The molecule has 4 rings (SSSR count). The third-order valence-electron chi connectivity index (χ3n) is 6.81. The number of halogens is 1. The van der Waals surface area contributed by atoms with Gasteiger partial charge < -0.3 is 14.5 Å². The average Bonchev–Trinajstić information content (AvgIpc) is 2.83. The molecule has 2 aromatic rings. The quantitative estimate of drug-likeness (QED) is 0.530. The zero-order valence-corrected chi connectivity index (χ0v) is 20.1. The van der Waals surface area contributed by atoms with Crippen molar-refractivity contribution in [2.45, 2.75) is 63.5 Å². The van der Waals surface area contributed by atoms with E-state index >= 15 is 0 Å². The lowest BCUT2D eigenvalue weighted by Crippen LogP contribution is -2.51. The van der Waals surface area contributed by atoms with Crippen molar-refractivity contribution in [1.29, 1.82) is 0 Å². The Balaban J connectivity index is 1.67. The lowest BCUT2D eigenvalue weighted by molar-refractivity contribution is 0.0268. The molecule has 0 unspecified atom stereocenters. The summed E-state index contributed by atoms with van der Waals surface area (Å²) in [6.07, 6.45) is 7.70. The molecule has 2 aliphatic rings. The molecular weight excluding hydrogens is 436 g/mol. The molecule has 0 spiro atoms. The second kappa shape index (κ2) is 11.1. The summed E-state index contributed by atoms with van der Waals surface area (Å²) in [6.45, 7) is 1.43. The van der Waals surface area contributed by atoms with Gasteiger partial charge in [0.15, 0.2) is 0 Å². The zero-order chi connectivity index (χ0) is 23.2. The van der Waals surface area contributed by atoms with Gasteiger partial charge in [-0.15, -0.1) is 0 Å². The van der Waals surface area contributed by atoms with E-state index in [0.717, 1.165) is 51.4 Å². The molecule has 0 bridgehead atoms. The number of carbonyl (C=O) groups excluding carboxylic acids is 2. The third-order valence-corrected chi connectivity index (χ3v) is 7.06. The van der Waals surface area contributed by atoms with Crippen LogP contribution < -0.4 is 4.74 Å². The van der Waals surface area contributed by atoms with Gasteiger partial charge in [-0.2, -0.15) is 0 Å². The van der Waals surface area contributed by atoms with E-state index in [0.29, 0.717) is 35.0 Å². The number of hydrogen-bond acceptors (Lipinski definition) is 3. The van der Waals surface area contributed by atoms with Crippen LogP contribution in [0.1, 0.15) is 72.1 Å². The van der Waals surface area contributed by atoms with Gasteiger partial charge in [0.1, 0.15) is 11.9 Å². The summed E-state index contributed by atoms with van der Waals surface area (Å²) in [5, 5.41) is 0.623. The third kappa shape index (κ3) is 5.70. The van der Waals surface area contributed by atoms with E-state index in [2.05, 4.69) is 0 Å². The molecule has 1 heterocycles. The largest absolute Gasteiger partial charge is 0.487 e. The van der Waals surface area contributed by atoms with Crippen LogP contribution >= 0.6 is 11.6 Å². The number of nitrogens with zero attached hydrogens (tertiary/aromatic N) is 2. The van der Waals surface area contributed by atoms with Gasteiger partial charge in [0.05, 0.1) is 11.6 Å². The van der Waals surface area contributed by atoms with Crippen LogP contribution in [-0.4, -0.2) is 53.9 Å². The molecule has 5 nitrogen and oxygen atoms in total. The van der Waals surface area contributed by atoms with E-state index in [1.807, 2.05) is 36.2 Å². The second-order valence-electron chi connectivity index (χ2n) is 9.15. The first-order valence-electron chi connectivity index (χ1n) is 12.1. The Morgan fingerprint density at radius 3 is 2.39 bits per heavy atom. The van der Waals surface area contributed by atoms with Crippen molar-refractivity contribution in [3.05, 3.63) is 64.7 Å². The maximum Gasteiger partial charge on any atom is 0.257 e. The molecule has 0 aromatic heterocycles. The van der Waals surface area contributed by atoms with E-state index in [1.165, 1.54) is 0 Å². The van der Waals surface area contributed by atoms with Crippen LogP contribution in [0.15, 0.2) is 48.5 Å². The molecular formula is C27H33ClN2O3. The highest BCUT2D eigenvalue weighted by Crippen LogP contribution is 2.31. The van der Waals surface area contributed by atoms with Crippen molar-refractivity contribution in [3.8, 4) is 5.75 Å². The molecule has 6 heteroatoms. The Hall–Kier alpha value is -2.53. The van der Waals surface area contributed by atoms with Gasteiger partial charge >= 0.3 is 0 Å². The summed E-state index contributed by atoms with van der Waals surface area (Å²) in [6, 6.07) is 14.6. The SMILES string of the molecule is CN1CCCCCCN(C(=O)c2ccc(Cl)cc2)[C@@H]2CCCC[C@@H]2Oc2ccccc2C1=O. The van der Waals surface area contributed by atoms with Gasteiger partial charge in [0, 0.05) is 30.7 Å². The summed E-state index contributed by atoms with van der Waals surface area (Å²) in [7, 11) is 1.86. The minimum atomic E-state index is -0.141. The van der Waals surface area contributed by atoms with Crippen LogP contribution in [0.3, 0.4) is 0 Å². The fourth-order valence-corrected chi connectivity index (χ4v) is 5.07. The molecule has 1 saturated carbocycles. The fraction of sp³-hybridized carbons (Fsp3) is 0.481. The monoisotopic (exact) mass is 468 g/mol. The summed E-state index contributed by atoms with van der Waals surface area (Å²) in [5.74, 6) is 0.634. The molecule has 0 saturated heterocycles. The Morgan fingerprint density at radius 2 is 1.61 bits per heavy atom. The Bertz CT molecular complexity index is 962. The first-order valence-corrected chi connectivity index (χ1v) is 12.5. The first-order chi connectivity index (χ1) is 16.0. The highest BCUT2D eigenvalue weighted by atomic mass is 35.5. The van der Waals surface area contributed by atoms with Gasteiger partial charge in [-0.1, -0.05) is 43.0 Å². The van der Waals surface area contributed by atoms with Crippen LogP contribution in [0.4, 0.5) is 0 Å². The molecule has 176 valence electrons. The van der Waals surface area contributed by atoms with Crippen LogP contribution in [0.25, 0.3) is 0 Å². The number of benzene rings is 2. The second-order valence-corrected chi connectivity index (χ2v) is 9.59.